The number of carbonyl (C=O) groups excluding carboxylic acids is 3. The Morgan fingerprint density at radius 3 is 2.31 bits per heavy atom. The normalized spacial score (nSPS) is 14.9. The summed E-state index contributed by atoms with van der Waals surface area (Å²) in [6, 6.07) is 20.6. The van der Waals surface area contributed by atoms with Gasteiger partial charge in [-0.15, -0.1) is 0 Å². The number of anilines is 1. The van der Waals surface area contributed by atoms with Crippen molar-refractivity contribution >= 4 is 45.5 Å². The maximum absolute atomic E-state index is 13.2. The van der Waals surface area contributed by atoms with Crippen molar-refractivity contribution in [3.8, 4) is 11.5 Å². The monoisotopic (exact) mass is 534 g/mol. The molecule has 0 bridgehead atoms. The number of nitrogens with zero attached hydrogens (tertiary/aromatic N) is 1. The number of benzene rings is 3. The standard InChI is InChI=1S/C27H23BrN2O5/c1-17(2)35-24-6-4-3-5-19(24)15-23-25(31)29-27(33)30(26(23)32)21-11-13-22(14-12-21)34-16-18-7-9-20(28)10-8-18/h3-15,17H,16H2,1-2H3,(H,29,31,33)/b23-15+. The fraction of sp³-hybridized carbons (Fsp3) is 0.148. The van der Waals surface area contributed by atoms with Crippen LogP contribution in [-0.4, -0.2) is 23.9 Å². The predicted molar refractivity (Wildman–Crippen MR) is 136 cm³/mol. The van der Waals surface area contributed by atoms with Crippen molar-refractivity contribution in [1.29, 1.82) is 0 Å². The molecule has 0 spiro atoms. The summed E-state index contributed by atoms with van der Waals surface area (Å²) >= 11 is 3.40. The van der Waals surface area contributed by atoms with Crippen molar-refractivity contribution in [3.05, 3.63) is 94.0 Å². The van der Waals surface area contributed by atoms with E-state index in [1.165, 1.54) is 6.08 Å². The zero-order valence-electron chi connectivity index (χ0n) is 19.2. The highest BCUT2D eigenvalue weighted by Gasteiger charge is 2.37. The SMILES string of the molecule is CC(C)Oc1ccccc1/C=C1\C(=O)NC(=O)N(c2ccc(OCc3ccc(Br)cc3)cc2)C1=O. The van der Waals surface area contributed by atoms with Crippen LogP contribution in [0.5, 0.6) is 11.5 Å². The van der Waals surface area contributed by atoms with Crippen molar-refractivity contribution in [2.24, 2.45) is 0 Å². The lowest BCUT2D eigenvalue weighted by molar-refractivity contribution is -0.122. The van der Waals surface area contributed by atoms with E-state index in [4.69, 9.17) is 9.47 Å². The van der Waals surface area contributed by atoms with Crippen molar-refractivity contribution in [3.63, 3.8) is 0 Å². The topological polar surface area (TPSA) is 84.9 Å². The van der Waals surface area contributed by atoms with Crippen LogP contribution in [0.3, 0.4) is 0 Å². The smallest absolute Gasteiger partial charge is 0.335 e. The summed E-state index contributed by atoms with van der Waals surface area (Å²) in [5, 5.41) is 2.24. The van der Waals surface area contributed by atoms with Gasteiger partial charge in [0.2, 0.25) is 0 Å². The second-order valence-electron chi connectivity index (χ2n) is 8.07. The van der Waals surface area contributed by atoms with Crippen LogP contribution in [0.15, 0.2) is 82.8 Å². The molecule has 35 heavy (non-hydrogen) atoms. The lowest BCUT2D eigenvalue weighted by Gasteiger charge is -2.26. The molecule has 7 nitrogen and oxygen atoms in total. The number of hydrogen-bond donors (Lipinski definition) is 1. The fourth-order valence-electron chi connectivity index (χ4n) is 3.45. The Hall–Kier alpha value is -3.91. The Morgan fingerprint density at radius 1 is 0.943 bits per heavy atom. The van der Waals surface area contributed by atoms with Gasteiger partial charge in [0.05, 0.1) is 11.8 Å². The predicted octanol–water partition coefficient (Wildman–Crippen LogP) is 5.48. The molecule has 1 heterocycles. The molecular formula is C27H23BrN2O5. The maximum atomic E-state index is 13.2. The molecule has 0 radical (unpaired) electrons. The average Bonchev–Trinajstić information content (AvgIpc) is 2.83. The number of carbonyl (C=O) groups is 3. The lowest BCUT2D eigenvalue weighted by Crippen LogP contribution is -2.54. The fourth-order valence-corrected chi connectivity index (χ4v) is 3.71. The number of imide groups is 2. The number of para-hydroxylation sites is 1. The van der Waals surface area contributed by atoms with E-state index in [0.717, 1.165) is 14.9 Å². The number of ether oxygens (including phenoxy) is 2. The Balaban J connectivity index is 1.54. The van der Waals surface area contributed by atoms with Crippen molar-refractivity contribution in [1.82, 2.24) is 5.32 Å². The molecule has 1 aliphatic rings. The van der Waals surface area contributed by atoms with Gasteiger partial charge in [-0.25, -0.2) is 9.69 Å². The van der Waals surface area contributed by atoms with Crippen LogP contribution in [0.25, 0.3) is 6.08 Å². The number of amides is 4. The summed E-state index contributed by atoms with van der Waals surface area (Å²) in [7, 11) is 0. The minimum absolute atomic E-state index is 0.0898. The van der Waals surface area contributed by atoms with Gasteiger partial charge in [-0.05, 0) is 68.0 Å². The van der Waals surface area contributed by atoms with Gasteiger partial charge < -0.3 is 9.47 Å². The molecule has 0 aromatic heterocycles. The third-order valence-electron chi connectivity index (χ3n) is 5.10. The summed E-state index contributed by atoms with van der Waals surface area (Å²) < 4.78 is 12.6. The second kappa shape index (κ2) is 10.6. The van der Waals surface area contributed by atoms with Gasteiger partial charge in [-0.1, -0.05) is 46.3 Å². The maximum Gasteiger partial charge on any atom is 0.335 e. The van der Waals surface area contributed by atoms with E-state index >= 15 is 0 Å². The first kappa shape index (κ1) is 24.2. The van der Waals surface area contributed by atoms with Crippen LogP contribution in [0.4, 0.5) is 10.5 Å². The molecule has 1 N–H and O–H groups in total. The molecule has 0 saturated carbocycles. The minimum Gasteiger partial charge on any atom is -0.490 e. The molecule has 1 fully saturated rings. The van der Waals surface area contributed by atoms with Crippen molar-refractivity contribution < 1.29 is 23.9 Å². The van der Waals surface area contributed by atoms with Gasteiger partial charge in [0, 0.05) is 10.0 Å². The molecule has 0 atom stereocenters. The van der Waals surface area contributed by atoms with Crippen LogP contribution in [0, 0.1) is 0 Å². The minimum atomic E-state index is -0.813. The summed E-state index contributed by atoms with van der Waals surface area (Å²) in [6.07, 6.45) is 1.35. The van der Waals surface area contributed by atoms with Crippen LogP contribution in [-0.2, 0) is 16.2 Å². The summed E-state index contributed by atoms with van der Waals surface area (Å²) in [5.41, 5.74) is 1.71. The van der Waals surface area contributed by atoms with E-state index in [1.807, 2.05) is 38.1 Å². The molecule has 3 aromatic carbocycles. The summed E-state index contributed by atoms with van der Waals surface area (Å²) in [6.45, 7) is 4.14. The highest BCUT2D eigenvalue weighted by Crippen LogP contribution is 2.27. The average molecular weight is 535 g/mol. The first-order valence-electron chi connectivity index (χ1n) is 11.0. The molecule has 1 aliphatic heterocycles. The van der Waals surface area contributed by atoms with E-state index in [-0.39, 0.29) is 11.7 Å². The Morgan fingerprint density at radius 2 is 1.63 bits per heavy atom. The molecular weight excluding hydrogens is 512 g/mol. The van der Waals surface area contributed by atoms with Gasteiger partial charge in [0.1, 0.15) is 23.7 Å². The third-order valence-corrected chi connectivity index (χ3v) is 5.63. The zero-order chi connectivity index (χ0) is 24.9. The van der Waals surface area contributed by atoms with Crippen molar-refractivity contribution in [2.75, 3.05) is 4.90 Å². The van der Waals surface area contributed by atoms with Gasteiger partial charge in [0.25, 0.3) is 11.8 Å². The first-order valence-corrected chi connectivity index (χ1v) is 11.8. The largest absolute Gasteiger partial charge is 0.490 e. The Kier molecular flexibility index (Phi) is 7.31. The quantitative estimate of drug-likeness (QED) is 0.320. The molecule has 8 heteroatoms. The van der Waals surface area contributed by atoms with Crippen LogP contribution in [0.2, 0.25) is 0 Å². The summed E-state index contributed by atoms with van der Waals surface area (Å²) in [5.74, 6) is -0.369. The van der Waals surface area contributed by atoms with Crippen molar-refractivity contribution in [2.45, 2.75) is 26.6 Å². The van der Waals surface area contributed by atoms with Crippen LogP contribution < -0.4 is 19.7 Å². The number of urea groups is 1. The van der Waals surface area contributed by atoms with E-state index in [0.29, 0.717) is 29.4 Å². The number of barbiturate groups is 1. The number of nitrogens with one attached hydrogen (secondary N) is 1. The Labute approximate surface area is 211 Å². The van der Waals surface area contributed by atoms with E-state index in [1.54, 1.807) is 48.5 Å². The van der Waals surface area contributed by atoms with Gasteiger partial charge >= 0.3 is 6.03 Å². The molecule has 4 amide bonds. The van der Waals surface area contributed by atoms with Gasteiger partial charge in [0.15, 0.2) is 0 Å². The Bertz CT molecular complexity index is 1280. The zero-order valence-corrected chi connectivity index (χ0v) is 20.7. The van der Waals surface area contributed by atoms with E-state index in [9.17, 15) is 14.4 Å². The van der Waals surface area contributed by atoms with Gasteiger partial charge in [-0.3, -0.25) is 14.9 Å². The van der Waals surface area contributed by atoms with E-state index in [2.05, 4.69) is 21.2 Å². The molecule has 0 unspecified atom stereocenters. The number of hydrogen-bond acceptors (Lipinski definition) is 5. The third kappa shape index (κ3) is 5.78. The lowest BCUT2D eigenvalue weighted by atomic mass is 10.1. The highest BCUT2D eigenvalue weighted by atomic mass is 79.9. The molecule has 1 saturated heterocycles. The van der Waals surface area contributed by atoms with Gasteiger partial charge in [-0.2, -0.15) is 0 Å². The highest BCUT2D eigenvalue weighted by molar-refractivity contribution is 9.10. The number of rotatable bonds is 7. The van der Waals surface area contributed by atoms with Crippen LogP contribution in [0.1, 0.15) is 25.0 Å². The second-order valence-corrected chi connectivity index (χ2v) is 8.99. The first-order chi connectivity index (χ1) is 16.8. The summed E-state index contributed by atoms with van der Waals surface area (Å²) in [4.78, 5) is 39.2. The van der Waals surface area contributed by atoms with Crippen LogP contribution >= 0.6 is 15.9 Å². The van der Waals surface area contributed by atoms with E-state index < -0.39 is 17.8 Å². The molecule has 4 rings (SSSR count). The molecule has 0 aliphatic carbocycles. The number of halogens is 1. The molecule has 178 valence electrons. The molecule has 3 aromatic rings.